The molecule has 0 unspecified atom stereocenters. The second kappa shape index (κ2) is 6.14. The van der Waals surface area contributed by atoms with Gasteiger partial charge < -0.3 is 10.2 Å². The molecule has 1 N–H and O–H groups in total. The summed E-state index contributed by atoms with van der Waals surface area (Å²) in [6, 6.07) is 9.97. The molecular formula is C15H16FN3O. The van der Waals surface area contributed by atoms with Gasteiger partial charge in [-0.1, -0.05) is 18.2 Å². The number of nitrogens with one attached hydrogen (secondary N) is 1. The van der Waals surface area contributed by atoms with E-state index in [4.69, 9.17) is 0 Å². The number of benzene rings is 1. The lowest BCUT2D eigenvalue weighted by atomic mass is 10.2. The summed E-state index contributed by atoms with van der Waals surface area (Å²) >= 11 is 0. The van der Waals surface area contributed by atoms with Gasteiger partial charge in [0.05, 0.1) is 5.56 Å². The largest absolute Gasteiger partial charge is 0.366 e. The number of carbonyl (C=O) groups is 1. The Labute approximate surface area is 117 Å². The molecule has 1 aromatic carbocycles. The van der Waals surface area contributed by atoms with Crippen molar-refractivity contribution in [3.8, 4) is 0 Å². The van der Waals surface area contributed by atoms with Gasteiger partial charge in [-0.3, -0.25) is 4.79 Å². The Bertz CT molecular complexity index is 596. The molecule has 0 aliphatic rings. The molecule has 0 aliphatic carbocycles. The van der Waals surface area contributed by atoms with Crippen molar-refractivity contribution < 1.29 is 9.18 Å². The minimum Gasteiger partial charge on any atom is -0.366 e. The number of rotatable bonds is 4. The van der Waals surface area contributed by atoms with Crippen LogP contribution in [0.1, 0.15) is 15.9 Å². The topological polar surface area (TPSA) is 45.2 Å². The summed E-state index contributed by atoms with van der Waals surface area (Å²) in [7, 11) is 3.37. The summed E-state index contributed by atoms with van der Waals surface area (Å²) in [5.41, 5.74) is 1.09. The number of halogens is 1. The summed E-state index contributed by atoms with van der Waals surface area (Å²) < 4.78 is 13.4. The second-order valence-corrected chi connectivity index (χ2v) is 4.58. The Hall–Kier alpha value is -2.43. The van der Waals surface area contributed by atoms with E-state index in [0.717, 1.165) is 0 Å². The van der Waals surface area contributed by atoms with Gasteiger partial charge in [-0.25, -0.2) is 9.37 Å². The second-order valence-electron chi connectivity index (χ2n) is 4.58. The predicted octanol–water partition coefficient (Wildman–Crippen LogP) is 2.53. The van der Waals surface area contributed by atoms with Crippen LogP contribution in [0.2, 0.25) is 0 Å². The molecule has 0 spiro atoms. The first-order valence-electron chi connectivity index (χ1n) is 6.23. The fourth-order valence-electron chi connectivity index (χ4n) is 1.71. The average Bonchev–Trinajstić information content (AvgIpc) is 2.46. The quantitative estimate of drug-likeness (QED) is 0.931. The monoisotopic (exact) mass is 273 g/mol. The van der Waals surface area contributed by atoms with Gasteiger partial charge in [-0.15, -0.1) is 0 Å². The van der Waals surface area contributed by atoms with Crippen LogP contribution in [0.25, 0.3) is 0 Å². The molecule has 20 heavy (non-hydrogen) atoms. The number of hydrogen-bond donors (Lipinski definition) is 1. The Morgan fingerprint density at radius 2 is 2.00 bits per heavy atom. The first-order chi connectivity index (χ1) is 9.58. The van der Waals surface area contributed by atoms with Crippen molar-refractivity contribution in [2.24, 2.45) is 0 Å². The lowest BCUT2D eigenvalue weighted by Crippen LogP contribution is -2.21. The van der Waals surface area contributed by atoms with E-state index in [0.29, 0.717) is 23.5 Å². The number of anilines is 1. The molecule has 0 atom stereocenters. The van der Waals surface area contributed by atoms with Gasteiger partial charge in [0.15, 0.2) is 0 Å². The van der Waals surface area contributed by atoms with E-state index in [1.165, 1.54) is 17.2 Å². The number of hydrogen-bond acceptors (Lipinski definition) is 3. The normalized spacial score (nSPS) is 10.2. The molecule has 2 rings (SSSR count). The molecule has 0 saturated heterocycles. The third-order valence-corrected chi connectivity index (χ3v) is 2.83. The van der Waals surface area contributed by atoms with E-state index < -0.39 is 0 Å². The molecule has 0 fully saturated rings. The fraction of sp³-hybridized carbons (Fsp3) is 0.200. The summed E-state index contributed by atoms with van der Waals surface area (Å²) in [5.74, 6) is 0.251. The molecule has 1 amide bonds. The maximum Gasteiger partial charge on any atom is 0.254 e. The van der Waals surface area contributed by atoms with Crippen LogP contribution < -0.4 is 5.32 Å². The molecule has 0 saturated carbocycles. The van der Waals surface area contributed by atoms with Crippen molar-refractivity contribution in [3.63, 3.8) is 0 Å². The third kappa shape index (κ3) is 3.32. The first-order valence-corrected chi connectivity index (χ1v) is 6.23. The first kappa shape index (κ1) is 14.0. The molecular weight excluding hydrogens is 257 g/mol. The van der Waals surface area contributed by atoms with Crippen LogP contribution in [0.15, 0.2) is 42.6 Å². The van der Waals surface area contributed by atoms with Gasteiger partial charge in [0, 0.05) is 32.4 Å². The summed E-state index contributed by atoms with van der Waals surface area (Å²) in [6.07, 6.45) is 1.51. The maximum atomic E-state index is 13.4. The van der Waals surface area contributed by atoms with Gasteiger partial charge in [0.1, 0.15) is 11.6 Å². The van der Waals surface area contributed by atoms with Gasteiger partial charge >= 0.3 is 0 Å². The van der Waals surface area contributed by atoms with E-state index in [9.17, 15) is 9.18 Å². The highest BCUT2D eigenvalue weighted by atomic mass is 19.1. The summed E-state index contributed by atoms with van der Waals surface area (Å²) in [6.45, 7) is 0.348. The van der Waals surface area contributed by atoms with Crippen LogP contribution in [0, 0.1) is 5.82 Å². The molecule has 1 heterocycles. The molecule has 2 aromatic rings. The number of nitrogens with zero attached hydrogens (tertiary/aromatic N) is 2. The highest BCUT2D eigenvalue weighted by Crippen LogP contribution is 2.11. The fourth-order valence-corrected chi connectivity index (χ4v) is 1.71. The van der Waals surface area contributed by atoms with Crippen LogP contribution in [-0.2, 0) is 6.54 Å². The van der Waals surface area contributed by atoms with E-state index in [1.54, 1.807) is 44.4 Å². The standard InChI is InChI=1S/C15H16FN3O/c1-19(2)15(20)12-7-8-14(18-10-12)17-9-11-5-3-4-6-13(11)16/h3-8,10H,9H2,1-2H3,(H,17,18). The Balaban J connectivity index is 2.01. The molecule has 104 valence electrons. The Kier molecular flexibility index (Phi) is 4.30. The van der Waals surface area contributed by atoms with Crippen LogP contribution >= 0.6 is 0 Å². The van der Waals surface area contributed by atoms with Crippen molar-refractivity contribution in [3.05, 3.63) is 59.5 Å². The maximum absolute atomic E-state index is 13.4. The lowest BCUT2D eigenvalue weighted by Gasteiger charge is -2.11. The van der Waals surface area contributed by atoms with E-state index in [2.05, 4.69) is 10.3 Å². The predicted molar refractivity (Wildman–Crippen MR) is 76.0 cm³/mol. The molecule has 1 aromatic heterocycles. The van der Waals surface area contributed by atoms with E-state index >= 15 is 0 Å². The summed E-state index contributed by atoms with van der Waals surface area (Å²) in [4.78, 5) is 17.3. The van der Waals surface area contributed by atoms with Crippen LogP contribution in [0.4, 0.5) is 10.2 Å². The van der Waals surface area contributed by atoms with E-state index in [-0.39, 0.29) is 11.7 Å². The minimum atomic E-state index is -0.251. The van der Waals surface area contributed by atoms with Crippen molar-refractivity contribution in [1.82, 2.24) is 9.88 Å². The molecule has 0 bridgehead atoms. The van der Waals surface area contributed by atoms with Crippen molar-refractivity contribution in [2.45, 2.75) is 6.54 Å². The molecule has 0 aliphatic heterocycles. The molecule has 5 heteroatoms. The number of amides is 1. The zero-order chi connectivity index (χ0) is 14.5. The zero-order valence-corrected chi connectivity index (χ0v) is 11.4. The number of pyridine rings is 1. The SMILES string of the molecule is CN(C)C(=O)c1ccc(NCc2ccccc2F)nc1. The summed E-state index contributed by atoms with van der Waals surface area (Å²) in [5, 5.41) is 3.02. The lowest BCUT2D eigenvalue weighted by molar-refractivity contribution is 0.0827. The third-order valence-electron chi connectivity index (χ3n) is 2.83. The zero-order valence-electron chi connectivity index (χ0n) is 11.4. The van der Waals surface area contributed by atoms with Gasteiger partial charge in [-0.05, 0) is 18.2 Å². The smallest absolute Gasteiger partial charge is 0.254 e. The number of carbonyl (C=O) groups excluding carboxylic acids is 1. The van der Waals surface area contributed by atoms with Crippen molar-refractivity contribution in [2.75, 3.05) is 19.4 Å². The van der Waals surface area contributed by atoms with Crippen LogP contribution in [-0.4, -0.2) is 29.9 Å². The van der Waals surface area contributed by atoms with Crippen LogP contribution in [0.5, 0.6) is 0 Å². The van der Waals surface area contributed by atoms with Gasteiger partial charge in [-0.2, -0.15) is 0 Å². The van der Waals surface area contributed by atoms with Gasteiger partial charge in [0.25, 0.3) is 5.91 Å². The highest BCUT2D eigenvalue weighted by Gasteiger charge is 2.08. The van der Waals surface area contributed by atoms with Crippen molar-refractivity contribution in [1.29, 1.82) is 0 Å². The Morgan fingerprint density at radius 3 is 2.60 bits per heavy atom. The van der Waals surface area contributed by atoms with E-state index in [1.807, 2.05) is 0 Å². The highest BCUT2D eigenvalue weighted by molar-refractivity contribution is 5.93. The number of aromatic nitrogens is 1. The molecule has 4 nitrogen and oxygen atoms in total. The minimum absolute atomic E-state index is 0.0989. The Morgan fingerprint density at radius 1 is 1.25 bits per heavy atom. The van der Waals surface area contributed by atoms with Crippen molar-refractivity contribution >= 4 is 11.7 Å². The van der Waals surface area contributed by atoms with Crippen LogP contribution in [0.3, 0.4) is 0 Å². The average molecular weight is 273 g/mol. The molecule has 0 radical (unpaired) electrons. The van der Waals surface area contributed by atoms with Gasteiger partial charge in [0.2, 0.25) is 0 Å².